The van der Waals surface area contributed by atoms with Gasteiger partial charge in [-0.2, -0.15) is 0 Å². The van der Waals surface area contributed by atoms with Crippen LogP contribution in [-0.4, -0.2) is 58.5 Å². The second-order valence-electron chi connectivity index (χ2n) is 7.26. The van der Waals surface area contributed by atoms with Crippen LogP contribution in [0.25, 0.3) is 0 Å². The van der Waals surface area contributed by atoms with Crippen LogP contribution in [0.5, 0.6) is 0 Å². The van der Waals surface area contributed by atoms with E-state index in [-0.39, 0.29) is 10.8 Å². The Kier molecular flexibility index (Phi) is 7.71. The number of piperazine rings is 1. The van der Waals surface area contributed by atoms with E-state index >= 15 is 0 Å². The number of rotatable bonds is 8. The van der Waals surface area contributed by atoms with Gasteiger partial charge in [-0.05, 0) is 61.5 Å². The molecule has 0 aromatic heterocycles. The summed E-state index contributed by atoms with van der Waals surface area (Å²) in [6.45, 7) is 6.40. The van der Waals surface area contributed by atoms with Gasteiger partial charge in [-0.3, -0.25) is 9.69 Å². The second kappa shape index (κ2) is 10.3. The van der Waals surface area contributed by atoms with E-state index in [0.717, 1.165) is 44.2 Å². The van der Waals surface area contributed by atoms with Gasteiger partial charge < -0.3 is 10.2 Å². The molecule has 0 spiro atoms. The fraction of sp³-hybridized carbons (Fsp3) is 0.381. The number of carbonyl (C=O) groups is 1. The smallest absolute Gasteiger partial charge is 0.240 e. The first kappa shape index (κ1) is 22.6. The van der Waals surface area contributed by atoms with Crippen molar-refractivity contribution >= 4 is 38.9 Å². The van der Waals surface area contributed by atoms with E-state index < -0.39 is 10.0 Å². The van der Waals surface area contributed by atoms with Gasteiger partial charge in [-0.15, -0.1) is 0 Å². The molecular weight excluding hydrogens is 424 g/mol. The molecule has 1 amide bonds. The van der Waals surface area contributed by atoms with Gasteiger partial charge in [0.05, 0.1) is 4.90 Å². The summed E-state index contributed by atoms with van der Waals surface area (Å²) in [6.07, 6.45) is 0.740. The highest BCUT2D eigenvalue weighted by molar-refractivity contribution is 7.89. The normalized spacial score (nSPS) is 15.2. The van der Waals surface area contributed by atoms with Gasteiger partial charge in [0.15, 0.2) is 0 Å². The molecule has 1 aliphatic rings. The van der Waals surface area contributed by atoms with E-state index in [1.807, 2.05) is 24.3 Å². The van der Waals surface area contributed by atoms with Gasteiger partial charge in [0, 0.05) is 56.0 Å². The van der Waals surface area contributed by atoms with E-state index in [1.54, 1.807) is 12.1 Å². The number of hydrogen-bond donors (Lipinski definition) is 2. The van der Waals surface area contributed by atoms with Crippen molar-refractivity contribution in [1.82, 2.24) is 9.62 Å². The zero-order chi connectivity index (χ0) is 21.6. The van der Waals surface area contributed by atoms with Gasteiger partial charge in [-0.25, -0.2) is 13.1 Å². The van der Waals surface area contributed by atoms with E-state index in [4.69, 9.17) is 11.6 Å². The lowest BCUT2D eigenvalue weighted by Crippen LogP contribution is -2.47. The molecule has 1 heterocycles. The summed E-state index contributed by atoms with van der Waals surface area (Å²) >= 11 is 5.95. The summed E-state index contributed by atoms with van der Waals surface area (Å²) < 4.78 is 27.5. The van der Waals surface area contributed by atoms with Crippen LogP contribution in [0.2, 0.25) is 5.02 Å². The average molecular weight is 451 g/mol. The summed E-state index contributed by atoms with van der Waals surface area (Å²) in [5.74, 6) is -0.197. The highest BCUT2D eigenvalue weighted by Gasteiger charge is 2.18. The maximum absolute atomic E-state index is 12.4. The molecule has 0 atom stereocenters. The summed E-state index contributed by atoms with van der Waals surface area (Å²) in [7, 11) is -3.56. The van der Waals surface area contributed by atoms with Crippen LogP contribution in [0.1, 0.15) is 13.3 Å². The molecule has 0 radical (unpaired) electrons. The van der Waals surface area contributed by atoms with E-state index in [9.17, 15) is 13.2 Å². The fourth-order valence-corrected chi connectivity index (χ4v) is 4.59. The minimum Gasteiger partial charge on any atom is -0.369 e. The molecule has 0 bridgehead atoms. The molecule has 1 aliphatic heterocycles. The lowest BCUT2D eigenvalue weighted by atomic mass is 10.2. The van der Waals surface area contributed by atoms with Gasteiger partial charge in [-0.1, -0.05) is 11.6 Å². The van der Waals surface area contributed by atoms with Gasteiger partial charge in [0.1, 0.15) is 0 Å². The Morgan fingerprint density at radius 2 is 1.63 bits per heavy atom. The molecule has 1 saturated heterocycles. The molecule has 0 unspecified atom stereocenters. The van der Waals surface area contributed by atoms with Crippen LogP contribution in [0, 0.1) is 0 Å². The zero-order valence-electron chi connectivity index (χ0n) is 17.0. The first-order chi connectivity index (χ1) is 14.3. The maximum atomic E-state index is 12.4. The SMILES string of the molecule is CC(=O)Nc1ccc(S(=O)(=O)NCCCN2CCN(c3ccc(Cl)cc3)CC2)cc1. The number of carbonyl (C=O) groups excluding carboxylic acids is 1. The summed E-state index contributed by atoms with van der Waals surface area (Å²) in [4.78, 5) is 15.9. The number of benzene rings is 2. The minimum absolute atomic E-state index is 0.188. The standard InChI is InChI=1S/C21H27ClN4O3S/c1-17(27)24-19-5-9-21(10-6-19)30(28,29)23-11-2-12-25-13-15-26(16-14-25)20-7-3-18(22)4-8-20/h3-10,23H,2,11-16H2,1H3,(H,24,27). The number of sulfonamides is 1. The molecule has 162 valence electrons. The molecule has 0 aliphatic carbocycles. The van der Waals surface area contributed by atoms with Crippen molar-refractivity contribution < 1.29 is 13.2 Å². The molecule has 2 N–H and O–H groups in total. The van der Waals surface area contributed by atoms with Crippen LogP contribution >= 0.6 is 11.6 Å². The number of halogens is 1. The predicted molar refractivity (Wildman–Crippen MR) is 121 cm³/mol. The summed E-state index contributed by atoms with van der Waals surface area (Å²) in [6, 6.07) is 14.0. The number of anilines is 2. The lowest BCUT2D eigenvalue weighted by molar-refractivity contribution is -0.114. The third kappa shape index (κ3) is 6.43. The van der Waals surface area contributed by atoms with Gasteiger partial charge in [0.2, 0.25) is 15.9 Å². The predicted octanol–water partition coefficient (Wildman–Crippen LogP) is 2.79. The van der Waals surface area contributed by atoms with Gasteiger partial charge >= 0.3 is 0 Å². The highest BCUT2D eigenvalue weighted by Crippen LogP contribution is 2.19. The van der Waals surface area contributed by atoms with Crippen molar-refractivity contribution in [2.75, 3.05) is 49.5 Å². The molecule has 7 nitrogen and oxygen atoms in total. The van der Waals surface area contributed by atoms with E-state index in [1.165, 1.54) is 24.7 Å². The quantitative estimate of drug-likeness (QED) is 0.604. The summed E-state index contributed by atoms with van der Waals surface area (Å²) in [5.41, 5.74) is 1.75. The number of nitrogens with zero attached hydrogens (tertiary/aromatic N) is 2. The molecule has 30 heavy (non-hydrogen) atoms. The Morgan fingerprint density at radius 1 is 1.00 bits per heavy atom. The van der Waals surface area contributed by atoms with Crippen molar-refractivity contribution in [3.63, 3.8) is 0 Å². The molecule has 9 heteroatoms. The molecule has 1 fully saturated rings. The Labute approximate surface area is 183 Å². The van der Waals surface area contributed by atoms with Crippen LogP contribution < -0.4 is 14.9 Å². The van der Waals surface area contributed by atoms with Crippen LogP contribution in [0.3, 0.4) is 0 Å². The average Bonchev–Trinajstić information content (AvgIpc) is 2.72. The molecule has 3 rings (SSSR count). The van der Waals surface area contributed by atoms with Crippen molar-refractivity contribution in [2.24, 2.45) is 0 Å². The topological polar surface area (TPSA) is 81.7 Å². The zero-order valence-corrected chi connectivity index (χ0v) is 18.5. The third-order valence-corrected chi connectivity index (χ3v) is 6.72. The Balaban J connectivity index is 1.39. The van der Waals surface area contributed by atoms with Crippen molar-refractivity contribution in [3.05, 3.63) is 53.6 Å². The minimum atomic E-state index is -3.56. The van der Waals surface area contributed by atoms with Crippen molar-refractivity contribution in [2.45, 2.75) is 18.2 Å². The Morgan fingerprint density at radius 3 is 2.23 bits per heavy atom. The van der Waals surface area contributed by atoms with Crippen molar-refractivity contribution in [1.29, 1.82) is 0 Å². The largest absolute Gasteiger partial charge is 0.369 e. The fourth-order valence-electron chi connectivity index (χ4n) is 3.39. The molecule has 2 aromatic carbocycles. The lowest BCUT2D eigenvalue weighted by Gasteiger charge is -2.36. The molecule has 2 aromatic rings. The number of hydrogen-bond acceptors (Lipinski definition) is 5. The number of amides is 1. The van der Waals surface area contributed by atoms with Crippen LogP contribution in [-0.2, 0) is 14.8 Å². The molecule has 0 saturated carbocycles. The first-order valence-corrected chi connectivity index (χ1v) is 11.8. The second-order valence-corrected chi connectivity index (χ2v) is 9.47. The third-order valence-electron chi connectivity index (χ3n) is 4.99. The maximum Gasteiger partial charge on any atom is 0.240 e. The van der Waals surface area contributed by atoms with Gasteiger partial charge in [0.25, 0.3) is 0 Å². The highest BCUT2D eigenvalue weighted by atomic mass is 35.5. The Hall–Kier alpha value is -2.13. The monoisotopic (exact) mass is 450 g/mol. The number of nitrogens with one attached hydrogen (secondary N) is 2. The van der Waals surface area contributed by atoms with E-state index in [2.05, 4.69) is 19.8 Å². The summed E-state index contributed by atoms with van der Waals surface area (Å²) in [5, 5.41) is 3.36. The Bertz CT molecular complexity index is 941. The first-order valence-electron chi connectivity index (χ1n) is 9.94. The van der Waals surface area contributed by atoms with Crippen LogP contribution in [0.15, 0.2) is 53.4 Å². The molecular formula is C21H27ClN4O3S. The van der Waals surface area contributed by atoms with Crippen LogP contribution in [0.4, 0.5) is 11.4 Å². The van der Waals surface area contributed by atoms with E-state index in [0.29, 0.717) is 12.2 Å². The van der Waals surface area contributed by atoms with Crippen molar-refractivity contribution in [3.8, 4) is 0 Å².